The Morgan fingerprint density at radius 1 is 1.00 bits per heavy atom. The van der Waals surface area contributed by atoms with E-state index in [2.05, 4.69) is 20.4 Å². The predicted octanol–water partition coefficient (Wildman–Crippen LogP) is 2.84. The van der Waals surface area contributed by atoms with Gasteiger partial charge in [0.05, 0.1) is 23.1 Å². The number of hydrogen-bond acceptors (Lipinski definition) is 4. The minimum absolute atomic E-state index is 0.210. The minimum atomic E-state index is -0.210. The Morgan fingerprint density at radius 2 is 1.83 bits per heavy atom. The number of nitrogens with zero attached hydrogens (tertiary/aromatic N) is 4. The molecule has 0 saturated carbocycles. The molecule has 6 heteroatoms. The first-order valence-electron chi connectivity index (χ1n) is 7.26. The molecule has 0 fully saturated rings. The Labute approximate surface area is 134 Å². The van der Waals surface area contributed by atoms with Crippen molar-refractivity contribution in [2.45, 2.75) is 20.8 Å². The molecule has 3 aromatic heterocycles. The smallest absolute Gasteiger partial charge is 0.257 e. The van der Waals surface area contributed by atoms with Gasteiger partial charge in [-0.05, 0) is 51.1 Å². The predicted molar refractivity (Wildman–Crippen MR) is 87.8 cm³/mol. The summed E-state index contributed by atoms with van der Waals surface area (Å²) in [4.78, 5) is 20.6. The zero-order chi connectivity index (χ0) is 16.4. The maximum atomic E-state index is 12.1. The van der Waals surface area contributed by atoms with Crippen molar-refractivity contribution in [2.75, 3.05) is 5.32 Å². The van der Waals surface area contributed by atoms with Gasteiger partial charge in [-0.25, -0.2) is 9.67 Å². The van der Waals surface area contributed by atoms with Gasteiger partial charge in [0, 0.05) is 17.6 Å². The van der Waals surface area contributed by atoms with E-state index in [1.54, 1.807) is 35.3 Å². The number of carbonyl (C=O) groups is 1. The highest BCUT2D eigenvalue weighted by Crippen LogP contribution is 2.13. The first-order valence-corrected chi connectivity index (χ1v) is 7.26. The summed E-state index contributed by atoms with van der Waals surface area (Å²) in [7, 11) is 0. The lowest BCUT2D eigenvalue weighted by atomic mass is 10.2. The molecule has 3 rings (SSSR count). The number of rotatable bonds is 3. The number of anilines is 1. The molecule has 1 amide bonds. The fourth-order valence-electron chi connectivity index (χ4n) is 2.25. The van der Waals surface area contributed by atoms with E-state index in [0.29, 0.717) is 17.1 Å². The summed E-state index contributed by atoms with van der Waals surface area (Å²) >= 11 is 0. The Morgan fingerprint density at radius 3 is 2.39 bits per heavy atom. The van der Waals surface area contributed by atoms with Crippen molar-refractivity contribution in [2.24, 2.45) is 0 Å². The molecule has 6 nitrogen and oxygen atoms in total. The van der Waals surface area contributed by atoms with Gasteiger partial charge in [0.15, 0.2) is 5.82 Å². The second kappa shape index (κ2) is 6.00. The van der Waals surface area contributed by atoms with Crippen molar-refractivity contribution in [1.29, 1.82) is 0 Å². The molecule has 0 aliphatic carbocycles. The number of aryl methyl sites for hydroxylation is 3. The van der Waals surface area contributed by atoms with Crippen molar-refractivity contribution in [1.82, 2.24) is 19.7 Å². The molecule has 0 aliphatic heterocycles. The average Bonchev–Trinajstić information content (AvgIpc) is 2.87. The maximum absolute atomic E-state index is 12.1. The third-order valence-corrected chi connectivity index (χ3v) is 3.41. The number of pyridine rings is 2. The highest BCUT2D eigenvalue weighted by Gasteiger charge is 2.08. The summed E-state index contributed by atoms with van der Waals surface area (Å²) in [5.74, 6) is 0.503. The van der Waals surface area contributed by atoms with Crippen LogP contribution in [0.3, 0.4) is 0 Å². The molecule has 3 heterocycles. The van der Waals surface area contributed by atoms with Crippen molar-refractivity contribution in [3.05, 3.63) is 65.4 Å². The molecule has 1 N–H and O–H groups in total. The van der Waals surface area contributed by atoms with E-state index >= 15 is 0 Å². The van der Waals surface area contributed by atoms with Crippen LogP contribution < -0.4 is 5.32 Å². The fraction of sp³-hybridized carbons (Fsp3) is 0.176. The molecule has 116 valence electrons. The zero-order valence-corrected chi connectivity index (χ0v) is 13.2. The minimum Gasteiger partial charge on any atom is -0.321 e. The van der Waals surface area contributed by atoms with E-state index in [-0.39, 0.29) is 5.91 Å². The molecule has 0 atom stereocenters. The zero-order valence-electron chi connectivity index (χ0n) is 13.2. The van der Waals surface area contributed by atoms with Crippen LogP contribution in [0, 0.1) is 20.8 Å². The van der Waals surface area contributed by atoms with Crippen LogP contribution in [0.1, 0.15) is 27.4 Å². The SMILES string of the molecule is Cc1ccc(C(=O)Nc2ccc(-n3nc(C)cc3C)nc2)cn1. The molecule has 0 saturated heterocycles. The summed E-state index contributed by atoms with van der Waals surface area (Å²) in [6.07, 6.45) is 3.17. The van der Waals surface area contributed by atoms with Gasteiger partial charge in [0.25, 0.3) is 5.91 Å². The van der Waals surface area contributed by atoms with Gasteiger partial charge in [0.1, 0.15) is 0 Å². The number of aromatic nitrogens is 4. The first kappa shape index (κ1) is 14.9. The third kappa shape index (κ3) is 3.26. The lowest BCUT2D eigenvalue weighted by Gasteiger charge is -2.07. The van der Waals surface area contributed by atoms with Gasteiger partial charge >= 0.3 is 0 Å². The normalized spacial score (nSPS) is 10.6. The molecule has 0 radical (unpaired) electrons. The molecule has 0 bridgehead atoms. The number of amides is 1. The lowest BCUT2D eigenvalue weighted by molar-refractivity contribution is 0.102. The Hall–Kier alpha value is -3.02. The molecular weight excluding hydrogens is 290 g/mol. The molecule has 3 aromatic rings. The summed E-state index contributed by atoms with van der Waals surface area (Å²) in [5, 5.41) is 7.19. The van der Waals surface area contributed by atoms with Gasteiger partial charge < -0.3 is 5.32 Å². The van der Waals surface area contributed by atoms with Crippen molar-refractivity contribution >= 4 is 11.6 Å². The van der Waals surface area contributed by atoms with Crippen LogP contribution >= 0.6 is 0 Å². The second-order valence-electron chi connectivity index (χ2n) is 5.39. The van der Waals surface area contributed by atoms with Crippen molar-refractivity contribution in [3.8, 4) is 5.82 Å². The van der Waals surface area contributed by atoms with E-state index in [1.165, 1.54) is 0 Å². The quantitative estimate of drug-likeness (QED) is 0.807. The van der Waals surface area contributed by atoms with Crippen molar-refractivity contribution < 1.29 is 4.79 Å². The van der Waals surface area contributed by atoms with E-state index in [9.17, 15) is 4.79 Å². The topological polar surface area (TPSA) is 72.7 Å². The van der Waals surface area contributed by atoms with Crippen LogP contribution in [0.4, 0.5) is 5.69 Å². The van der Waals surface area contributed by atoms with Crippen LogP contribution in [-0.2, 0) is 0 Å². The number of carbonyl (C=O) groups excluding carboxylic acids is 1. The van der Waals surface area contributed by atoms with Crippen LogP contribution in [0.2, 0.25) is 0 Å². The summed E-state index contributed by atoms with van der Waals surface area (Å²) in [6, 6.07) is 9.16. The van der Waals surface area contributed by atoms with E-state index < -0.39 is 0 Å². The van der Waals surface area contributed by atoms with Gasteiger partial charge in [-0.3, -0.25) is 9.78 Å². The standard InChI is InChI=1S/C17H17N5O/c1-11-4-5-14(9-18-11)17(23)20-15-6-7-16(19-10-15)22-13(3)8-12(2)21-22/h4-10H,1-3H3,(H,20,23). The molecule has 0 aromatic carbocycles. The van der Waals surface area contributed by atoms with Gasteiger partial charge in [-0.2, -0.15) is 5.10 Å². The maximum Gasteiger partial charge on any atom is 0.257 e. The van der Waals surface area contributed by atoms with Gasteiger partial charge in [0.2, 0.25) is 0 Å². The second-order valence-corrected chi connectivity index (χ2v) is 5.39. The van der Waals surface area contributed by atoms with E-state index in [0.717, 1.165) is 17.1 Å². The van der Waals surface area contributed by atoms with Crippen LogP contribution in [-0.4, -0.2) is 25.7 Å². The monoisotopic (exact) mass is 307 g/mol. The summed E-state index contributed by atoms with van der Waals surface area (Å²) < 4.78 is 1.77. The highest BCUT2D eigenvalue weighted by atomic mass is 16.1. The van der Waals surface area contributed by atoms with E-state index in [4.69, 9.17) is 0 Å². The van der Waals surface area contributed by atoms with Crippen molar-refractivity contribution in [3.63, 3.8) is 0 Å². The van der Waals surface area contributed by atoms with E-state index in [1.807, 2.05) is 32.9 Å². The van der Waals surface area contributed by atoms with Gasteiger partial charge in [-0.1, -0.05) is 0 Å². The summed E-state index contributed by atoms with van der Waals surface area (Å²) in [5.41, 5.74) is 3.96. The van der Waals surface area contributed by atoms with Crippen LogP contribution in [0.5, 0.6) is 0 Å². The Balaban J connectivity index is 1.76. The van der Waals surface area contributed by atoms with Crippen LogP contribution in [0.25, 0.3) is 5.82 Å². The Bertz CT molecular complexity index is 834. The fourth-order valence-corrected chi connectivity index (χ4v) is 2.25. The molecule has 0 unspecified atom stereocenters. The number of nitrogens with one attached hydrogen (secondary N) is 1. The van der Waals surface area contributed by atoms with Crippen LogP contribution in [0.15, 0.2) is 42.7 Å². The third-order valence-electron chi connectivity index (χ3n) is 3.41. The summed E-state index contributed by atoms with van der Waals surface area (Å²) in [6.45, 7) is 5.79. The highest BCUT2D eigenvalue weighted by molar-refractivity contribution is 6.03. The number of hydrogen-bond donors (Lipinski definition) is 1. The largest absolute Gasteiger partial charge is 0.321 e. The molecule has 0 spiro atoms. The average molecular weight is 307 g/mol. The Kier molecular flexibility index (Phi) is 3.89. The van der Waals surface area contributed by atoms with Gasteiger partial charge in [-0.15, -0.1) is 0 Å². The molecular formula is C17H17N5O. The lowest BCUT2D eigenvalue weighted by Crippen LogP contribution is -2.12. The first-order chi connectivity index (χ1) is 11.0. The molecule has 0 aliphatic rings. The molecule has 23 heavy (non-hydrogen) atoms.